The van der Waals surface area contributed by atoms with Crippen LogP contribution in [0.2, 0.25) is 0 Å². The van der Waals surface area contributed by atoms with Gasteiger partial charge in [0.05, 0.1) is 12.6 Å². The minimum Gasteiger partial charge on any atom is -0.497 e. The number of methoxy groups -OCH3 is 1. The SMILES string of the molecule is COc1ccc(CCNC(=O)/C(C#N)=C/c2cncs2)cc1. The average Bonchev–Trinajstić information content (AvgIpc) is 3.06. The largest absolute Gasteiger partial charge is 0.497 e. The highest BCUT2D eigenvalue weighted by molar-refractivity contribution is 7.10. The van der Waals surface area contributed by atoms with Gasteiger partial charge in [-0.3, -0.25) is 9.78 Å². The lowest BCUT2D eigenvalue weighted by molar-refractivity contribution is -0.117. The van der Waals surface area contributed by atoms with Gasteiger partial charge in [-0.1, -0.05) is 12.1 Å². The minimum atomic E-state index is -0.371. The molecule has 0 bridgehead atoms. The molecule has 22 heavy (non-hydrogen) atoms. The van der Waals surface area contributed by atoms with Crippen molar-refractivity contribution in [2.75, 3.05) is 13.7 Å². The summed E-state index contributed by atoms with van der Waals surface area (Å²) in [6, 6.07) is 9.56. The number of hydrogen-bond acceptors (Lipinski definition) is 5. The van der Waals surface area contributed by atoms with Gasteiger partial charge >= 0.3 is 0 Å². The maximum atomic E-state index is 12.0. The molecule has 5 nitrogen and oxygen atoms in total. The van der Waals surface area contributed by atoms with Crippen LogP contribution < -0.4 is 10.1 Å². The first-order valence-electron chi connectivity index (χ1n) is 6.64. The Labute approximate surface area is 132 Å². The van der Waals surface area contributed by atoms with Crippen LogP contribution in [0.15, 0.2) is 41.5 Å². The number of thiazole rings is 1. The number of nitriles is 1. The van der Waals surface area contributed by atoms with Gasteiger partial charge < -0.3 is 10.1 Å². The standard InChI is InChI=1S/C16H15N3O2S/c1-21-14-4-2-12(3-5-14)6-7-19-16(20)13(9-17)8-15-10-18-11-22-15/h2-5,8,10-11H,6-7H2,1H3,(H,19,20)/b13-8+. The van der Waals surface area contributed by atoms with E-state index in [0.29, 0.717) is 13.0 Å². The monoisotopic (exact) mass is 313 g/mol. The number of carbonyl (C=O) groups is 1. The van der Waals surface area contributed by atoms with E-state index < -0.39 is 0 Å². The molecular formula is C16H15N3O2S. The van der Waals surface area contributed by atoms with Crippen molar-refractivity contribution >= 4 is 23.3 Å². The van der Waals surface area contributed by atoms with E-state index in [-0.39, 0.29) is 11.5 Å². The lowest BCUT2D eigenvalue weighted by atomic mass is 10.1. The number of carbonyl (C=O) groups excluding carboxylic acids is 1. The third kappa shape index (κ3) is 4.43. The van der Waals surface area contributed by atoms with Gasteiger partial charge in [-0.2, -0.15) is 5.26 Å². The fourth-order valence-corrected chi connectivity index (χ4v) is 2.35. The number of amides is 1. The molecule has 0 unspecified atom stereocenters. The third-order valence-electron chi connectivity index (χ3n) is 2.96. The average molecular weight is 313 g/mol. The number of nitrogens with zero attached hydrogens (tertiary/aromatic N) is 2. The second kappa shape index (κ2) is 7.96. The van der Waals surface area contributed by atoms with Crippen LogP contribution in [-0.2, 0) is 11.2 Å². The molecule has 112 valence electrons. The van der Waals surface area contributed by atoms with Crippen molar-refractivity contribution in [3.8, 4) is 11.8 Å². The van der Waals surface area contributed by atoms with Gasteiger partial charge in [0.1, 0.15) is 17.4 Å². The fraction of sp³-hybridized carbons (Fsp3) is 0.188. The molecule has 1 amide bonds. The number of aromatic nitrogens is 1. The van der Waals surface area contributed by atoms with Crippen LogP contribution in [0, 0.1) is 11.3 Å². The smallest absolute Gasteiger partial charge is 0.261 e. The summed E-state index contributed by atoms with van der Waals surface area (Å²) in [6.45, 7) is 0.465. The summed E-state index contributed by atoms with van der Waals surface area (Å²) >= 11 is 1.38. The summed E-state index contributed by atoms with van der Waals surface area (Å²) in [6.07, 6.45) is 3.85. The van der Waals surface area contributed by atoms with Crippen molar-refractivity contribution < 1.29 is 9.53 Å². The molecule has 0 aliphatic rings. The minimum absolute atomic E-state index is 0.0824. The molecule has 0 saturated carbocycles. The molecule has 0 atom stereocenters. The number of ether oxygens (including phenoxy) is 1. The third-order valence-corrected chi connectivity index (χ3v) is 3.68. The summed E-state index contributed by atoms with van der Waals surface area (Å²) in [5, 5.41) is 11.8. The van der Waals surface area contributed by atoms with Crippen LogP contribution in [-0.4, -0.2) is 24.5 Å². The van der Waals surface area contributed by atoms with Gasteiger partial charge in [-0.05, 0) is 30.2 Å². The molecule has 6 heteroatoms. The Morgan fingerprint density at radius 3 is 2.82 bits per heavy atom. The normalized spacial score (nSPS) is 10.8. The number of hydrogen-bond donors (Lipinski definition) is 1. The summed E-state index contributed by atoms with van der Waals surface area (Å²) in [5.74, 6) is 0.427. The zero-order valence-corrected chi connectivity index (χ0v) is 12.9. The molecule has 1 aromatic carbocycles. The van der Waals surface area contributed by atoms with E-state index in [2.05, 4.69) is 10.3 Å². The Bertz CT molecular complexity index is 685. The molecule has 2 rings (SSSR count). The van der Waals surface area contributed by atoms with Gasteiger partial charge in [0.15, 0.2) is 0 Å². The Morgan fingerprint density at radius 2 is 2.23 bits per heavy atom. The van der Waals surface area contributed by atoms with Crippen LogP contribution in [0.1, 0.15) is 10.4 Å². The summed E-state index contributed by atoms with van der Waals surface area (Å²) in [5.41, 5.74) is 2.83. The summed E-state index contributed by atoms with van der Waals surface area (Å²) in [7, 11) is 1.62. The van der Waals surface area contributed by atoms with E-state index in [4.69, 9.17) is 10.00 Å². The van der Waals surface area contributed by atoms with Crippen molar-refractivity contribution in [1.82, 2.24) is 10.3 Å². The van der Waals surface area contributed by atoms with Crippen molar-refractivity contribution in [2.45, 2.75) is 6.42 Å². The van der Waals surface area contributed by atoms with Crippen molar-refractivity contribution in [2.24, 2.45) is 0 Å². The van der Waals surface area contributed by atoms with E-state index in [1.165, 1.54) is 11.3 Å². The molecule has 0 saturated heterocycles. The van der Waals surface area contributed by atoms with Crippen LogP contribution in [0.25, 0.3) is 6.08 Å². The lowest BCUT2D eigenvalue weighted by Gasteiger charge is -2.05. The molecule has 0 aliphatic heterocycles. The van der Waals surface area contributed by atoms with E-state index in [0.717, 1.165) is 16.2 Å². The molecule has 0 fully saturated rings. The zero-order chi connectivity index (χ0) is 15.8. The van der Waals surface area contributed by atoms with Gasteiger partial charge in [-0.25, -0.2) is 0 Å². The Morgan fingerprint density at radius 1 is 1.45 bits per heavy atom. The quantitative estimate of drug-likeness (QED) is 0.656. The van der Waals surface area contributed by atoms with Gasteiger partial charge in [0, 0.05) is 17.6 Å². The van der Waals surface area contributed by atoms with Crippen LogP contribution >= 0.6 is 11.3 Å². The first-order valence-corrected chi connectivity index (χ1v) is 7.52. The highest BCUT2D eigenvalue weighted by Gasteiger charge is 2.08. The highest BCUT2D eigenvalue weighted by Crippen LogP contribution is 2.12. The first kappa shape index (κ1) is 15.7. The van der Waals surface area contributed by atoms with E-state index in [1.54, 1.807) is 24.9 Å². The topological polar surface area (TPSA) is 75.0 Å². The molecular weight excluding hydrogens is 298 g/mol. The maximum Gasteiger partial charge on any atom is 0.261 e. The van der Waals surface area contributed by atoms with Gasteiger partial charge in [0.2, 0.25) is 0 Å². The molecule has 1 N–H and O–H groups in total. The maximum absolute atomic E-state index is 12.0. The Kier molecular flexibility index (Phi) is 5.69. The molecule has 0 spiro atoms. The molecule has 0 aliphatic carbocycles. The van der Waals surface area contributed by atoms with Crippen LogP contribution in [0.4, 0.5) is 0 Å². The highest BCUT2D eigenvalue weighted by atomic mass is 32.1. The van der Waals surface area contributed by atoms with E-state index in [9.17, 15) is 4.79 Å². The number of nitrogens with one attached hydrogen (secondary N) is 1. The number of benzene rings is 1. The van der Waals surface area contributed by atoms with Crippen molar-refractivity contribution in [1.29, 1.82) is 5.26 Å². The zero-order valence-electron chi connectivity index (χ0n) is 12.1. The van der Waals surface area contributed by atoms with Crippen LogP contribution in [0.5, 0.6) is 5.75 Å². The summed E-state index contributed by atoms with van der Waals surface area (Å²) < 4.78 is 5.09. The Balaban J connectivity index is 1.87. The lowest BCUT2D eigenvalue weighted by Crippen LogP contribution is -2.26. The first-order chi connectivity index (χ1) is 10.7. The molecule has 1 heterocycles. The second-order valence-electron chi connectivity index (χ2n) is 4.43. The van der Waals surface area contributed by atoms with Crippen molar-refractivity contribution in [3.63, 3.8) is 0 Å². The summed E-state index contributed by atoms with van der Waals surface area (Å²) in [4.78, 5) is 16.6. The van der Waals surface area contributed by atoms with Crippen LogP contribution in [0.3, 0.4) is 0 Å². The molecule has 0 radical (unpaired) electrons. The molecule has 1 aromatic heterocycles. The van der Waals surface area contributed by atoms with Gasteiger partial charge in [0.25, 0.3) is 5.91 Å². The predicted octanol–water partition coefficient (Wildman–Crippen LogP) is 2.42. The van der Waals surface area contributed by atoms with Crippen molar-refractivity contribution in [3.05, 3.63) is 52.0 Å². The van der Waals surface area contributed by atoms with E-state index >= 15 is 0 Å². The fourth-order valence-electron chi connectivity index (χ4n) is 1.80. The van der Waals surface area contributed by atoms with Gasteiger partial charge in [-0.15, -0.1) is 11.3 Å². The molecule has 2 aromatic rings. The second-order valence-corrected chi connectivity index (χ2v) is 5.35. The number of rotatable bonds is 6. The Hall–Kier alpha value is -2.65. The predicted molar refractivity (Wildman–Crippen MR) is 85.4 cm³/mol. The van der Waals surface area contributed by atoms with E-state index in [1.807, 2.05) is 30.3 Å².